The highest BCUT2D eigenvalue weighted by atomic mass is 35.5. The van der Waals surface area contributed by atoms with Gasteiger partial charge in [0.25, 0.3) is 0 Å². The maximum atomic E-state index is 6.15. The molecular formula is C14H15Cl2N3O2. The molecule has 7 heteroatoms. The van der Waals surface area contributed by atoms with Gasteiger partial charge in [-0.25, -0.2) is 0 Å². The fourth-order valence-electron chi connectivity index (χ4n) is 2.39. The molecule has 2 aromatic rings. The summed E-state index contributed by atoms with van der Waals surface area (Å²) in [5.74, 6) is 1.20. The van der Waals surface area contributed by atoms with Gasteiger partial charge in [-0.05, 0) is 24.1 Å². The number of nitrogens with zero attached hydrogens (tertiary/aromatic N) is 2. The minimum Gasteiger partial charge on any atom is -0.380 e. The first-order chi connectivity index (χ1) is 10.2. The Morgan fingerprint density at radius 3 is 3.00 bits per heavy atom. The van der Waals surface area contributed by atoms with Crippen molar-refractivity contribution in [2.45, 2.75) is 25.0 Å². The van der Waals surface area contributed by atoms with Gasteiger partial charge >= 0.3 is 0 Å². The zero-order valence-electron chi connectivity index (χ0n) is 11.5. The molecule has 2 heterocycles. The van der Waals surface area contributed by atoms with Gasteiger partial charge in [-0.3, -0.25) is 0 Å². The Bertz CT molecular complexity index is 632. The molecule has 0 amide bonds. The first-order valence-corrected chi connectivity index (χ1v) is 7.44. The lowest BCUT2D eigenvalue weighted by molar-refractivity contribution is 0.116. The van der Waals surface area contributed by atoms with Crippen LogP contribution in [-0.2, 0) is 11.2 Å². The van der Waals surface area contributed by atoms with Crippen molar-refractivity contribution in [2.24, 2.45) is 0 Å². The van der Waals surface area contributed by atoms with Gasteiger partial charge in [0.2, 0.25) is 5.89 Å². The minimum atomic E-state index is 0.0527. The third kappa shape index (κ3) is 3.37. The van der Waals surface area contributed by atoms with Gasteiger partial charge < -0.3 is 14.6 Å². The number of benzene rings is 1. The Morgan fingerprint density at radius 1 is 1.43 bits per heavy atom. The summed E-state index contributed by atoms with van der Waals surface area (Å²) in [6.45, 7) is 0.794. The van der Waals surface area contributed by atoms with Gasteiger partial charge in [-0.15, -0.1) is 0 Å². The van der Waals surface area contributed by atoms with E-state index in [-0.39, 0.29) is 12.1 Å². The van der Waals surface area contributed by atoms with E-state index in [1.54, 1.807) is 19.2 Å². The first-order valence-electron chi connectivity index (χ1n) is 6.68. The lowest BCUT2D eigenvalue weighted by Gasteiger charge is -2.04. The molecule has 21 heavy (non-hydrogen) atoms. The number of aromatic nitrogens is 2. The monoisotopic (exact) mass is 327 g/mol. The van der Waals surface area contributed by atoms with E-state index in [2.05, 4.69) is 15.5 Å². The summed E-state index contributed by atoms with van der Waals surface area (Å²) < 4.78 is 10.6. The Morgan fingerprint density at radius 2 is 2.29 bits per heavy atom. The largest absolute Gasteiger partial charge is 0.380 e. The van der Waals surface area contributed by atoms with Crippen LogP contribution in [0.25, 0.3) is 0 Å². The maximum absolute atomic E-state index is 6.15. The Balaban J connectivity index is 1.70. The summed E-state index contributed by atoms with van der Waals surface area (Å²) in [7, 11) is 1.70. The number of halogens is 2. The molecule has 5 nitrogen and oxygen atoms in total. The van der Waals surface area contributed by atoms with Gasteiger partial charge in [0.1, 0.15) is 0 Å². The second-order valence-corrected chi connectivity index (χ2v) is 5.86. The Labute approximate surface area is 132 Å². The molecule has 0 aliphatic carbocycles. The number of ether oxygens (including phenoxy) is 1. The zero-order valence-corrected chi connectivity index (χ0v) is 13.0. The molecule has 3 rings (SSSR count). The molecule has 0 unspecified atom stereocenters. The summed E-state index contributed by atoms with van der Waals surface area (Å²) in [6.07, 6.45) is 1.54. The normalized spacial score (nSPS) is 21.9. The van der Waals surface area contributed by atoms with Crippen LogP contribution in [0.4, 0.5) is 0 Å². The second-order valence-electron chi connectivity index (χ2n) is 5.02. The summed E-state index contributed by atoms with van der Waals surface area (Å²) in [6, 6.07) is 5.43. The van der Waals surface area contributed by atoms with Gasteiger partial charge in [-0.1, -0.05) is 34.4 Å². The van der Waals surface area contributed by atoms with Crippen molar-refractivity contribution in [3.63, 3.8) is 0 Å². The number of methoxy groups -OCH3 is 1. The molecular weight excluding hydrogens is 313 g/mol. The number of hydrogen-bond donors (Lipinski definition) is 1. The molecule has 0 saturated carbocycles. The average molecular weight is 328 g/mol. The molecule has 1 aromatic heterocycles. The molecule has 0 radical (unpaired) electrons. The molecule has 1 aliphatic heterocycles. The lowest BCUT2D eigenvalue weighted by atomic mass is 10.1. The number of rotatable bonds is 4. The predicted octanol–water partition coefficient (Wildman–Crippen LogP) is 3.02. The van der Waals surface area contributed by atoms with E-state index < -0.39 is 0 Å². The maximum Gasteiger partial charge on any atom is 0.243 e. The van der Waals surface area contributed by atoms with Crippen molar-refractivity contribution in [2.75, 3.05) is 13.7 Å². The van der Waals surface area contributed by atoms with E-state index in [9.17, 15) is 0 Å². The fourth-order valence-corrected chi connectivity index (χ4v) is 2.86. The average Bonchev–Trinajstić information content (AvgIpc) is 3.10. The Hall–Kier alpha value is -1.14. The summed E-state index contributed by atoms with van der Waals surface area (Å²) in [4.78, 5) is 4.43. The molecule has 0 spiro atoms. The van der Waals surface area contributed by atoms with E-state index in [4.69, 9.17) is 32.5 Å². The standard InChI is InChI=1S/C14H15Cl2N3O2/c1-20-10-6-12(17-7-10)14-18-13(19-21-14)4-8-2-3-9(15)5-11(8)16/h2-3,5,10,12,17H,4,6-7H2,1H3/t10-,12+/m0/s1. The third-order valence-electron chi connectivity index (χ3n) is 3.57. The Kier molecular flexibility index (Phi) is 4.45. The smallest absolute Gasteiger partial charge is 0.243 e. The molecule has 1 aliphatic rings. The summed E-state index contributed by atoms with van der Waals surface area (Å²) in [5, 5.41) is 8.53. The van der Waals surface area contributed by atoms with Gasteiger partial charge in [-0.2, -0.15) is 4.98 Å². The van der Waals surface area contributed by atoms with Crippen molar-refractivity contribution >= 4 is 23.2 Å². The van der Waals surface area contributed by atoms with Crippen molar-refractivity contribution in [1.29, 1.82) is 0 Å². The van der Waals surface area contributed by atoms with Crippen LogP contribution >= 0.6 is 23.2 Å². The quantitative estimate of drug-likeness (QED) is 0.935. The summed E-state index contributed by atoms with van der Waals surface area (Å²) in [5.41, 5.74) is 0.919. The molecule has 1 aromatic carbocycles. The topological polar surface area (TPSA) is 60.2 Å². The van der Waals surface area contributed by atoms with Gasteiger partial charge in [0.15, 0.2) is 5.82 Å². The van der Waals surface area contributed by atoms with Crippen molar-refractivity contribution < 1.29 is 9.26 Å². The third-order valence-corrected chi connectivity index (χ3v) is 4.16. The van der Waals surface area contributed by atoms with Crippen LogP contribution in [0.3, 0.4) is 0 Å². The van der Waals surface area contributed by atoms with Gasteiger partial charge in [0, 0.05) is 30.1 Å². The van der Waals surface area contributed by atoms with Crippen LogP contribution in [0.15, 0.2) is 22.7 Å². The van der Waals surface area contributed by atoms with Crippen LogP contribution in [0.1, 0.15) is 29.7 Å². The van der Waals surface area contributed by atoms with Crippen LogP contribution in [-0.4, -0.2) is 29.9 Å². The van der Waals surface area contributed by atoms with Crippen LogP contribution in [0.5, 0.6) is 0 Å². The van der Waals surface area contributed by atoms with Crippen LogP contribution < -0.4 is 5.32 Å². The molecule has 2 atom stereocenters. The van der Waals surface area contributed by atoms with Crippen molar-refractivity contribution in [3.05, 3.63) is 45.5 Å². The molecule has 1 N–H and O–H groups in total. The van der Waals surface area contributed by atoms with E-state index >= 15 is 0 Å². The molecule has 1 saturated heterocycles. The minimum absolute atomic E-state index is 0.0527. The van der Waals surface area contributed by atoms with E-state index in [0.29, 0.717) is 28.2 Å². The van der Waals surface area contributed by atoms with Crippen LogP contribution in [0, 0.1) is 0 Å². The van der Waals surface area contributed by atoms with Crippen molar-refractivity contribution in [1.82, 2.24) is 15.5 Å². The van der Waals surface area contributed by atoms with E-state index in [1.165, 1.54) is 0 Å². The molecule has 112 valence electrons. The highest BCUT2D eigenvalue weighted by molar-refractivity contribution is 6.35. The molecule has 1 fully saturated rings. The lowest BCUT2D eigenvalue weighted by Crippen LogP contribution is -2.16. The second kappa shape index (κ2) is 6.32. The van der Waals surface area contributed by atoms with Gasteiger partial charge in [0.05, 0.1) is 12.1 Å². The predicted molar refractivity (Wildman–Crippen MR) is 79.7 cm³/mol. The highest BCUT2D eigenvalue weighted by Gasteiger charge is 2.29. The summed E-state index contributed by atoms with van der Waals surface area (Å²) >= 11 is 12.0. The van der Waals surface area contributed by atoms with E-state index in [1.807, 2.05) is 6.07 Å². The first kappa shape index (κ1) is 14.8. The van der Waals surface area contributed by atoms with Crippen LogP contribution in [0.2, 0.25) is 10.0 Å². The zero-order chi connectivity index (χ0) is 14.8. The van der Waals surface area contributed by atoms with E-state index in [0.717, 1.165) is 18.5 Å². The number of hydrogen-bond acceptors (Lipinski definition) is 5. The molecule has 0 bridgehead atoms. The highest BCUT2D eigenvalue weighted by Crippen LogP contribution is 2.25. The fraction of sp³-hybridized carbons (Fsp3) is 0.429. The number of nitrogens with one attached hydrogen (secondary N) is 1. The SMILES string of the molecule is CO[C@@H]1CN[C@@H](c2nc(Cc3ccc(Cl)cc3Cl)no2)C1. The van der Waals surface area contributed by atoms with Crippen molar-refractivity contribution in [3.8, 4) is 0 Å².